The van der Waals surface area contributed by atoms with Crippen molar-refractivity contribution in [1.82, 2.24) is 20.0 Å². The lowest BCUT2D eigenvalue weighted by Crippen LogP contribution is -2.38. The van der Waals surface area contributed by atoms with Gasteiger partial charge in [-0.3, -0.25) is 4.68 Å². The number of morpholine rings is 1. The molecule has 0 aliphatic carbocycles. The van der Waals surface area contributed by atoms with Gasteiger partial charge < -0.3 is 9.64 Å². The number of aromatic nitrogens is 4. The molecule has 3 rings (SSSR count). The van der Waals surface area contributed by atoms with Gasteiger partial charge in [-0.2, -0.15) is 18.3 Å². The molecule has 3 heterocycles. The highest BCUT2D eigenvalue weighted by molar-refractivity contribution is 7.15. The zero-order chi connectivity index (χ0) is 15.0. The summed E-state index contributed by atoms with van der Waals surface area (Å²) in [4.78, 5) is 1.76. The zero-order valence-corrected chi connectivity index (χ0v) is 11.9. The lowest BCUT2D eigenvalue weighted by Gasteiger charge is -2.31. The van der Waals surface area contributed by atoms with Gasteiger partial charge >= 0.3 is 6.18 Å². The van der Waals surface area contributed by atoms with E-state index in [0.29, 0.717) is 31.0 Å². The van der Waals surface area contributed by atoms with Crippen molar-refractivity contribution in [3.05, 3.63) is 23.0 Å². The van der Waals surface area contributed by atoms with Gasteiger partial charge in [-0.05, 0) is 0 Å². The van der Waals surface area contributed by atoms with Crippen LogP contribution in [0.2, 0.25) is 0 Å². The Hall–Kier alpha value is -1.68. The third kappa shape index (κ3) is 3.00. The number of hydrogen-bond donors (Lipinski definition) is 0. The maximum atomic E-state index is 12.6. The van der Waals surface area contributed by atoms with E-state index in [0.717, 1.165) is 5.56 Å². The summed E-state index contributed by atoms with van der Waals surface area (Å²) in [5.41, 5.74) is 0.891. The van der Waals surface area contributed by atoms with E-state index >= 15 is 0 Å². The molecular weight excluding hydrogens is 307 g/mol. The molecule has 1 fully saturated rings. The van der Waals surface area contributed by atoms with Gasteiger partial charge in [0.1, 0.15) is 6.10 Å². The first-order valence-corrected chi connectivity index (χ1v) is 7.01. The summed E-state index contributed by atoms with van der Waals surface area (Å²) in [6, 6.07) is 0. The fourth-order valence-electron chi connectivity index (χ4n) is 2.09. The summed E-state index contributed by atoms with van der Waals surface area (Å²) in [6.07, 6.45) is -1.17. The molecule has 0 radical (unpaired) electrons. The molecule has 1 atom stereocenters. The average Bonchev–Trinajstić information content (AvgIpc) is 3.07. The highest BCUT2D eigenvalue weighted by atomic mass is 32.1. The van der Waals surface area contributed by atoms with Gasteiger partial charge in [0.15, 0.2) is 0 Å². The van der Waals surface area contributed by atoms with Crippen LogP contribution in [0, 0.1) is 0 Å². The van der Waals surface area contributed by atoms with Gasteiger partial charge in [0.05, 0.1) is 19.3 Å². The third-order valence-electron chi connectivity index (χ3n) is 3.09. The Morgan fingerprint density at radius 1 is 1.38 bits per heavy atom. The van der Waals surface area contributed by atoms with Gasteiger partial charge in [-0.1, -0.05) is 11.3 Å². The van der Waals surface area contributed by atoms with Crippen LogP contribution >= 0.6 is 11.3 Å². The maximum Gasteiger partial charge on any atom is 0.445 e. The van der Waals surface area contributed by atoms with Crippen molar-refractivity contribution in [1.29, 1.82) is 0 Å². The maximum absolute atomic E-state index is 12.6. The van der Waals surface area contributed by atoms with E-state index in [4.69, 9.17) is 4.74 Å². The molecule has 1 saturated heterocycles. The third-order valence-corrected chi connectivity index (χ3v) is 4.12. The summed E-state index contributed by atoms with van der Waals surface area (Å²) in [5, 5.41) is 10.3. The molecule has 2 aromatic heterocycles. The van der Waals surface area contributed by atoms with Crippen LogP contribution in [0.3, 0.4) is 0 Å². The largest absolute Gasteiger partial charge is 0.445 e. The van der Waals surface area contributed by atoms with Gasteiger partial charge in [-0.15, -0.1) is 10.2 Å². The van der Waals surface area contributed by atoms with Crippen LogP contribution in [0.15, 0.2) is 12.4 Å². The predicted molar refractivity (Wildman–Crippen MR) is 69.0 cm³/mol. The first-order valence-electron chi connectivity index (χ1n) is 6.19. The minimum atomic E-state index is -4.45. The Bertz CT molecular complexity index is 625. The molecule has 10 heteroatoms. The standard InChI is InChI=1S/C11H12F3N5OS/c1-18-5-7(4-15-18)8-6-19(2-3-20-8)10-17-16-9(21-10)11(12,13)14/h4-5,8H,2-3,6H2,1H3. The van der Waals surface area contributed by atoms with Crippen LogP contribution in [0.5, 0.6) is 0 Å². The average molecular weight is 319 g/mol. The fraction of sp³-hybridized carbons (Fsp3) is 0.545. The molecule has 0 N–H and O–H groups in total. The zero-order valence-electron chi connectivity index (χ0n) is 11.0. The van der Waals surface area contributed by atoms with Crippen molar-refractivity contribution >= 4 is 16.5 Å². The van der Waals surface area contributed by atoms with Crippen molar-refractivity contribution in [2.45, 2.75) is 12.3 Å². The van der Waals surface area contributed by atoms with Crippen LogP contribution in [-0.2, 0) is 18.0 Å². The molecule has 0 saturated carbocycles. The molecule has 1 unspecified atom stereocenters. The minimum absolute atomic E-state index is 0.231. The molecule has 114 valence electrons. The first-order chi connectivity index (χ1) is 9.93. The number of aryl methyl sites for hydroxylation is 1. The molecule has 0 amide bonds. The van der Waals surface area contributed by atoms with Gasteiger partial charge in [0, 0.05) is 25.4 Å². The van der Waals surface area contributed by atoms with E-state index < -0.39 is 11.2 Å². The van der Waals surface area contributed by atoms with Crippen molar-refractivity contribution in [2.75, 3.05) is 24.6 Å². The number of anilines is 1. The van der Waals surface area contributed by atoms with E-state index in [2.05, 4.69) is 15.3 Å². The van der Waals surface area contributed by atoms with E-state index in [-0.39, 0.29) is 11.2 Å². The Morgan fingerprint density at radius 2 is 2.19 bits per heavy atom. The summed E-state index contributed by atoms with van der Waals surface area (Å²) >= 11 is 0.551. The predicted octanol–water partition coefficient (Wildman–Crippen LogP) is 1.87. The Labute approximate surface area is 122 Å². The Balaban J connectivity index is 1.75. The second-order valence-corrected chi connectivity index (χ2v) is 5.60. The van der Waals surface area contributed by atoms with Crippen LogP contribution in [0.25, 0.3) is 0 Å². The Morgan fingerprint density at radius 3 is 2.81 bits per heavy atom. The van der Waals surface area contributed by atoms with E-state index in [1.165, 1.54) is 0 Å². The summed E-state index contributed by atoms with van der Waals surface area (Å²) < 4.78 is 45.0. The lowest BCUT2D eigenvalue weighted by molar-refractivity contribution is -0.138. The number of ether oxygens (including phenoxy) is 1. The molecule has 1 aliphatic heterocycles. The van der Waals surface area contributed by atoms with E-state index in [1.54, 1.807) is 22.8 Å². The summed E-state index contributed by atoms with van der Waals surface area (Å²) in [6.45, 7) is 1.34. The number of halogens is 3. The lowest BCUT2D eigenvalue weighted by atomic mass is 10.2. The molecule has 1 aliphatic rings. The highest BCUT2D eigenvalue weighted by Crippen LogP contribution is 2.35. The molecule has 0 aromatic carbocycles. The molecule has 0 bridgehead atoms. The van der Waals surface area contributed by atoms with Gasteiger partial charge in [-0.25, -0.2) is 0 Å². The SMILES string of the molecule is Cn1cc(C2CN(c3nnc(C(F)(F)F)s3)CCO2)cn1. The number of nitrogens with zero attached hydrogens (tertiary/aromatic N) is 5. The normalized spacial score (nSPS) is 20.0. The quantitative estimate of drug-likeness (QED) is 0.846. The topological polar surface area (TPSA) is 56.1 Å². The molecule has 21 heavy (non-hydrogen) atoms. The fourth-order valence-corrected chi connectivity index (χ4v) is 2.84. The Kier molecular flexibility index (Phi) is 3.57. The minimum Gasteiger partial charge on any atom is -0.370 e. The summed E-state index contributed by atoms with van der Waals surface area (Å²) in [7, 11) is 1.80. The smallest absolute Gasteiger partial charge is 0.370 e. The van der Waals surface area contributed by atoms with Crippen molar-refractivity contribution in [3.63, 3.8) is 0 Å². The van der Waals surface area contributed by atoms with Crippen molar-refractivity contribution in [3.8, 4) is 0 Å². The second kappa shape index (κ2) is 5.26. The number of alkyl halides is 3. The monoisotopic (exact) mass is 319 g/mol. The van der Waals surface area contributed by atoms with Crippen molar-refractivity contribution < 1.29 is 17.9 Å². The van der Waals surface area contributed by atoms with Gasteiger partial charge in [0.2, 0.25) is 10.1 Å². The first kappa shape index (κ1) is 14.3. The van der Waals surface area contributed by atoms with Crippen LogP contribution < -0.4 is 4.90 Å². The molecular formula is C11H12F3N5OS. The van der Waals surface area contributed by atoms with Gasteiger partial charge in [0.25, 0.3) is 0 Å². The number of rotatable bonds is 2. The second-order valence-electron chi connectivity index (χ2n) is 4.64. The highest BCUT2D eigenvalue weighted by Gasteiger charge is 2.36. The molecule has 6 nitrogen and oxygen atoms in total. The van der Waals surface area contributed by atoms with Crippen LogP contribution in [0.1, 0.15) is 16.7 Å². The van der Waals surface area contributed by atoms with Crippen LogP contribution in [-0.4, -0.2) is 39.7 Å². The van der Waals surface area contributed by atoms with Crippen molar-refractivity contribution in [2.24, 2.45) is 7.05 Å². The van der Waals surface area contributed by atoms with E-state index in [1.807, 2.05) is 6.20 Å². The number of hydrogen-bond acceptors (Lipinski definition) is 6. The summed E-state index contributed by atoms with van der Waals surface area (Å²) in [5.74, 6) is 0. The van der Waals surface area contributed by atoms with E-state index in [9.17, 15) is 13.2 Å². The molecule has 2 aromatic rings. The molecule has 0 spiro atoms. The van der Waals surface area contributed by atoms with Crippen LogP contribution in [0.4, 0.5) is 18.3 Å².